The third-order valence-electron chi connectivity index (χ3n) is 5.67. The molecule has 0 aliphatic carbocycles. The molecule has 0 fully saturated rings. The van der Waals surface area contributed by atoms with E-state index in [1.807, 2.05) is 19.1 Å². The van der Waals surface area contributed by atoms with E-state index in [0.29, 0.717) is 5.56 Å². The number of aromatic nitrogens is 2. The highest BCUT2D eigenvalue weighted by atomic mass is 19.4. The number of carbonyl (C=O) groups excluding carboxylic acids is 1. The van der Waals surface area contributed by atoms with Gasteiger partial charge in [0.25, 0.3) is 5.91 Å². The van der Waals surface area contributed by atoms with Gasteiger partial charge in [0, 0.05) is 18.5 Å². The predicted molar refractivity (Wildman–Crippen MR) is 112 cm³/mol. The van der Waals surface area contributed by atoms with Crippen LogP contribution in [-0.4, -0.2) is 21.9 Å². The van der Waals surface area contributed by atoms with Crippen LogP contribution in [0.5, 0.6) is 0 Å². The second-order valence-electron chi connectivity index (χ2n) is 7.71. The number of nitrogens with zero attached hydrogens (tertiary/aromatic N) is 2. The molecule has 5 nitrogen and oxygen atoms in total. The monoisotopic (exact) mass is 446 g/mol. The van der Waals surface area contributed by atoms with Crippen molar-refractivity contribution in [3.63, 3.8) is 0 Å². The minimum Gasteiger partial charge on any atom is -0.363 e. The van der Waals surface area contributed by atoms with Crippen molar-refractivity contribution in [1.82, 2.24) is 15.1 Å². The number of rotatable bonds is 5. The highest BCUT2D eigenvalue weighted by Gasteiger charge is 2.47. The Morgan fingerprint density at radius 1 is 1.19 bits per heavy atom. The van der Waals surface area contributed by atoms with Gasteiger partial charge in [0.05, 0.1) is 12.2 Å². The third-order valence-corrected chi connectivity index (χ3v) is 5.67. The predicted octanol–water partition coefficient (Wildman–Crippen LogP) is 5.17. The molecule has 1 aliphatic rings. The summed E-state index contributed by atoms with van der Waals surface area (Å²) in [4.78, 5) is 12.7. The SMILES string of the molecule is CCc1ccc([C@@H]2C[C@H](C(F)(F)F)n3ncc(C(=O)NCc4ccccc4F)c3N2)cc1. The van der Waals surface area contributed by atoms with Gasteiger partial charge >= 0.3 is 6.18 Å². The van der Waals surface area contributed by atoms with Crippen molar-refractivity contribution in [1.29, 1.82) is 0 Å². The van der Waals surface area contributed by atoms with Crippen molar-refractivity contribution in [3.8, 4) is 0 Å². The minimum absolute atomic E-state index is 0.00539. The van der Waals surface area contributed by atoms with Crippen LogP contribution in [0, 0.1) is 5.82 Å². The lowest BCUT2D eigenvalue weighted by Crippen LogP contribution is -2.36. The number of nitrogens with one attached hydrogen (secondary N) is 2. The summed E-state index contributed by atoms with van der Waals surface area (Å²) in [5, 5.41) is 9.47. The summed E-state index contributed by atoms with van der Waals surface area (Å²) in [7, 11) is 0. The summed E-state index contributed by atoms with van der Waals surface area (Å²) in [5.74, 6) is -1.12. The first-order valence-electron chi connectivity index (χ1n) is 10.3. The molecular weight excluding hydrogens is 424 g/mol. The number of anilines is 1. The summed E-state index contributed by atoms with van der Waals surface area (Å²) in [6.07, 6.45) is -2.85. The maximum atomic E-state index is 13.8. The van der Waals surface area contributed by atoms with Crippen LogP contribution in [0.4, 0.5) is 23.4 Å². The number of aryl methyl sites for hydroxylation is 1. The van der Waals surface area contributed by atoms with Crippen LogP contribution < -0.4 is 10.6 Å². The van der Waals surface area contributed by atoms with Crippen LogP contribution in [0.15, 0.2) is 54.7 Å². The number of amides is 1. The molecule has 0 spiro atoms. The molecular formula is C23H22F4N4O. The molecule has 2 atom stereocenters. The van der Waals surface area contributed by atoms with E-state index < -0.39 is 30.0 Å². The molecule has 2 N–H and O–H groups in total. The van der Waals surface area contributed by atoms with E-state index in [1.165, 1.54) is 18.2 Å². The lowest BCUT2D eigenvalue weighted by molar-refractivity contribution is -0.173. The van der Waals surface area contributed by atoms with Crippen molar-refractivity contribution in [2.45, 2.75) is 44.6 Å². The van der Waals surface area contributed by atoms with Crippen molar-refractivity contribution in [2.24, 2.45) is 0 Å². The third kappa shape index (κ3) is 4.32. The number of benzene rings is 2. The number of hydrogen-bond acceptors (Lipinski definition) is 3. The zero-order valence-electron chi connectivity index (χ0n) is 17.3. The Kier molecular flexibility index (Phi) is 5.90. The van der Waals surface area contributed by atoms with E-state index in [0.717, 1.165) is 22.9 Å². The molecule has 0 bridgehead atoms. The van der Waals surface area contributed by atoms with E-state index in [2.05, 4.69) is 15.7 Å². The van der Waals surface area contributed by atoms with Gasteiger partial charge in [-0.2, -0.15) is 18.3 Å². The molecule has 4 rings (SSSR count). The van der Waals surface area contributed by atoms with Crippen LogP contribution in [0.2, 0.25) is 0 Å². The number of halogens is 4. The average Bonchev–Trinajstić information content (AvgIpc) is 3.21. The molecule has 1 amide bonds. The van der Waals surface area contributed by atoms with E-state index in [1.54, 1.807) is 18.2 Å². The van der Waals surface area contributed by atoms with E-state index in [9.17, 15) is 22.4 Å². The first-order valence-corrected chi connectivity index (χ1v) is 10.3. The second kappa shape index (κ2) is 8.64. The first kappa shape index (κ1) is 21.9. The Bertz CT molecular complexity index is 1110. The first-order chi connectivity index (χ1) is 15.3. The standard InChI is InChI=1S/C23H22F4N4O/c1-2-14-7-9-15(10-8-14)19-11-20(23(25,26)27)31-21(30-19)17(13-29-31)22(32)28-12-16-5-3-4-6-18(16)24/h3-10,13,19-20,30H,2,11-12H2,1H3,(H,28,32)/t19-,20+/m0/s1. The summed E-state index contributed by atoms with van der Waals surface area (Å²) >= 11 is 0. The Labute approximate surface area is 182 Å². The molecule has 3 aromatic rings. The largest absolute Gasteiger partial charge is 0.410 e. The molecule has 168 valence electrons. The Morgan fingerprint density at radius 3 is 2.56 bits per heavy atom. The molecule has 0 unspecified atom stereocenters. The van der Waals surface area contributed by atoms with E-state index in [-0.39, 0.29) is 29.9 Å². The van der Waals surface area contributed by atoms with Gasteiger partial charge in [-0.25, -0.2) is 9.07 Å². The molecule has 0 radical (unpaired) electrons. The normalized spacial score (nSPS) is 18.0. The van der Waals surface area contributed by atoms with Gasteiger partial charge in [-0.15, -0.1) is 0 Å². The lowest BCUT2D eigenvalue weighted by Gasteiger charge is -2.34. The molecule has 32 heavy (non-hydrogen) atoms. The smallest absolute Gasteiger partial charge is 0.363 e. The summed E-state index contributed by atoms with van der Waals surface area (Å²) in [5.41, 5.74) is 2.03. The van der Waals surface area contributed by atoms with Gasteiger partial charge in [-0.1, -0.05) is 49.4 Å². The average molecular weight is 446 g/mol. The summed E-state index contributed by atoms with van der Waals surface area (Å²) < 4.78 is 56.1. The quantitative estimate of drug-likeness (QED) is 0.532. The van der Waals surface area contributed by atoms with Crippen LogP contribution in [0.1, 0.15) is 52.5 Å². The van der Waals surface area contributed by atoms with Crippen molar-refractivity contribution in [3.05, 3.63) is 82.8 Å². The fraction of sp³-hybridized carbons (Fsp3) is 0.304. The van der Waals surface area contributed by atoms with Crippen molar-refractivity contribution >= 4 is 11.7 Å². The fourth-order valence-electron chi connectivity index (χ4n) is 3.85. The molecule has 0 saturated heterocycles. The molecule has 2 aromatic carbocycles. The van der Waals surface area contributed by atoms with Gasteiger partial charge in [0.2, 0.25) is 0 Å². The van der Waals surface area contributed by atoms with Crippen LogP contribution in [0.25, 0.3) is 0 Å². The van der Waals surface area contributed by atoms with E-state index >= 15 is 0 Å². The van der Waals surface area contributed by atoms with Gasteiger partial charge in [0.1, 0.15) is 17.2 Å². The maximum absolute atomic E-state index is 13.8. The summed E-state index contributed by atoms with van der Waals surface area (Å²) in [6.45, 7) is 1.90. The number of hydrogen-bond donors (Lipinski definition) is 2. The van der Waals surface area contributed by atoms with Crippen LogP contribution >= 0.6 is 0 Å². The van der Waals surface area contributed by atoms with E-state index in [4.69, 9.17) is 0 Å². The highest BCUT2D eigenvalue weighted by Crippen LogP contribution is 2.44. The Hall–Kier alpha value is -3.36. The topological polar surface area (TPSA) is 59.0 Å². The zero-order chi connectivity index (χ0) is 22.9. The van der Waals surface area contributed by atoms with Gasteiger partial charge < -0.3 is 10.6 Å². The molecule has 1 aromatic heterocycles. The zero-order valence-corrected chi connectivity index (χ0v) is 17.3. The highest BCUT2D eigenvalue weighted by molar-refractivity contribution is 5.98. The second-order valence-corrected chi connectivity index (χ2v) is 7.71. The number of carbonyl (C=O) groups is 1. The minimum atomic E-state index is -4.54. The van der Waals surface area contributed by atoms with Crippen molar-refractivity contribution in [2.75, 3.05) is 5.32 Å². The van der Waals surface area contributed by atoms with Gasteiger partial charge in [-0.05, 0) is 23.6 Å². The molecule has 2 heterocycles. The van der Waals surface area contributed by atoms with Gasteiger partial charge in [-0.3, -0.25) is 4.79 Å². The maximum Gasteiger partial charge on any atom is 0.410 e. The Balaban J connectivity index is 1.61. The number of fused-ring (bicyclic) bond motifs is 1. The Morgan fingerprint density at radius 2 is 1.91 bits per heavy atom. The van der Waals surface area contributed by atoms with Gasteiger partial charge in [0.15, 0.2) is 6.04 Å². The van der Waals surface area contributed by atoms with Crippen LogP contribution in [-0.2, 0) is 13.0 Å². The lowest BCUT2D eigenvalue weighted by atomic mass is 9.95. The fourth-order valence-corrected chi connectivity index (χ4v) is 3.85. The number of alkyl halides is 3. The molecule has 9 heteroatoms. The molecule has 0 saturated carbocycles. The molecule has 1 aliphatic heterocycles. The van der Waals surface area contributed by atoms with Crippen LogP contribution in [0.3, 0.4) is 0 Å². The summed E-state index contributed by atoms with van der Waals surface area (Å²) in [6, 6.07) is 10.8. The van der Waals surface area contributed by atoms with Crippen molar-refractivity contribution < 1.29 is 22.4 Å².